The van der Waals surface area contributed by atoms with Gasteiger partial charge in [0.15, 0.2) is 0 Å². The minimum Gasteiger partial charge on any atom is -0.399 e. The monoisotopic (exact) mass is 228 g/mol. The summed E-state index contributed by atoms with van der Waals surface area (Å²) >= 11 is 0. The summed E-state index contributed by atoms with van der Waals surface area (Å²) in [6.07, 6.45) is 4.93. The van der Waals surface area contributed by atoms with Gasteiger partial charge in [0.2, 0.25) is 0 Å². The Morgan fingerprint density at radius 3 is 2.59 bits per heavy atom. The Labute approximate surface area is 103 Å². The summed E-state index contributed by atoms with van der Waals surface area (Å²) in [5, 5.41) is 2.25. The molecule has 0 amide bonds. The Bertz CT molecular complexity index is 518. The highest BCUT2D eigenvalue weighted by molar-refractivity contribution is 5.95. The molecule has 2 aromatic rings. The van der Waals surface area contributed by atoms with E-state index in [9.17, 15) is 0 Å². The third-order valence-electron chi connectivity index (χ3n) is 3.14. The van der Waals surface area contributed by atoms with Crippen LogP contribution in [0.25, 0.3) is 10.8 Å². The van der Waals surface area contributed by atoms with E-state index < -0.39 is 0 Å². The molecule has 90 valence electrons. The predicted octanol–water partition coefficient (Wildman–Crippen LogP) is 3.74. The molecule has 0 bridgehead atoms. The zero-order valence-corrected chi connectivity index (χ0v) is 10.4. The van der Waals surface area contributed by atoms with E-state index in [2.05, 4.69) is 25.1 Å². The number of nitrogens with two attached hydrogens (primary N) is 2. The van der Waals surface area contributed by atoms with Gasteiger partial charge in [-0.15, -0.1) is 0 Å². The van der Waals surface area contributed by atoms with Crippen molar-refractivity contribution in [2.45, 2.75) is 32.6 Å². The lowest BCUT2D eigenvalue weighted by atomic mass is 10.0. The van der Waals surface area contributed by atoms with E-state index in [4.69, 9.17) is 11.5 Å². The van der Waals surface area contributed by atoms with Crippen LogP contribution in [0.4, 0.5) is 11.4 Å². The molecule has 0 aliphatic rings. The van der Waals surface area contributed by atoms with Gasteiger partial charge in [0, 0.05) is 16.8 Å². The summed E-state index contributed by atoms with van der Waals surface area (Å²) in [5.74, 6) is 0. The highest BCUT2D eigenvalue weighted by Gasteiger charge is 2.01. The van der Waals surface area contributed by atoms with Crippen LogP contribution in [-0.4, -0.2) is 0 Å². The maximum absolute atomic E-state index is 5.95. The summed E-state index contributed by atoms with van der Waals surface area (Å²) in [4.78, 5) is 0. The average molecular weight is 228 g/mol. The molecule has 0 radical (unpaired) electrons. The molecule has 0 fully saturated rings. The van der Waals surface area contributed by atoms with Gasteiger partial charge in [-0.3, -0.25) is 0 Å². The average Bonchev–Trinajstić information content (AvgIpc) is 2.28. The van der Waals surface area contributed by atoms with Crippen molar-refractivity contribution in [1.82, 2.24) is 0 Å². The topological polar surface area (TPSA) is 52.0 Å². The van der Waals surface area contributed by atoms with Gasteiger partial charge in [-0.1, -0.05) is 38.0 Å². The van der Waals surface area contributed by atoms with Crippen molar-refractivity contribution in [2.75, 3.05) is 11.5 Å². The lowest BCUT2D eigenvalue weighted by Crippen LogP contribution is -1.93. The lowest BCUT2D eigenvalue weighted by molar-refractivity contribution is 0.718. The first kappa shape index (κ1) is 11.8. The first-order chi connectivity index (χ1) is 8.20. The number of anilines is 2. The standard InChI is InChI=1S/C15H20N2/c1-2-3-4-5-11-6-7-14-12(8-11)9-13(16)10-15(14)17/h6-10H,2-5,16-17H2,1H3. The first-order valence-electron chi connectivity index (χ1n) is 6.28. The number of benzene rings is 2. The van der Waals surface area contributed by atoms with E-state index in [1.54, 1.807) is 0 Å². The van der Waals surface area contributed by atoms with Crippen LogP contribution in [0.2, 0.25) is 0 Å². The quantitative estimate of drug-likeness (QED) is 0.618. The molecule has 17 heavy (non-hydrogen) atoms. The van der Waals surface area contributed by atoms with E-state index >= 15 is 0 Å². The molecule has 0 atom stereocenters. The Hall–Kier alpha value is -1.70. The van der Waals surface area contributed by atoms with Crippen LogP contribution in [0.5, 0.6) is 0 Å². The highest BCUT2D eigenvalue weighted by Crippen LogP contribution is 2.26. The summed E-state index contributed by atoms with van der Waals surface area (Å²) in [6.45, 7) is 2.22. The van der Waals surface area contributed by atoms with Crippen molar-refractivity contribution in [2.24, 2.45) is 0 Å². The van der Waals surface area contributed by atoms with E-state index in [0.29, 0.717) is 0 Å². The number of nitrogen functional groups attached to an aromatic ring is 2. The summed E-state index contributed by atoms with van der Waals surface area (Å²) in [7, 11) is 0. The molecule has 2 aromatic carbocycles. The number of aryl methyl sites for hydroxylation is 1. The molecule has 0 saturated heterocycles. The van der Waals surface area contributed by atoms with Gasteiger partial charge in [0.1, 0.15) is 0 Å². The molecule has 0 aromatic heterocycles. The van der Waals surface area contributed by atoms with Crippen LogP contribution >= 0.6 is 0 Å². The molecule has 2 heteroatoms. The number of fused-ring (bicyclic) bond motifs is 1. The Balaban J connectivity index is 2.30. The van der Waals surface area contributed by atoms with Gasteiger partial charge in [0.05, 0.1) is 0 Å². The lowest BCUT2D eigenvalue weighted by Gasteiger charge is -2.07. The minimum absolute atomic E-state index is 0.737. The van der Waals surface area contributed by atoms with Crippen molar-refractivity contribution in [3.8, 4) is 0 Å². The molecule has 0 aliphatic heterocycles. The van der Waals surface area contributed by atoms with Crippen LogP contribution in [-0.2, 0) is 6.42 Å². The summed E-state index contributed by atoms with van der Waals surface area (Å²) in [5.41, 5.74) is 14.6. The fourth-order valence-electron chi connectivity index (χ4n) is 2.21. The zero-order valence-electron chi connectivity index (χ0n) is 10.4. The van der Waals surface area contributed by atoms with Gasteiger partial charge in [0.25, 0.3) is 0 Å². The van der Waals surface area contributed by atoms with Gasteiger partial charge in [-0.05, 0) is 35.9 Å². The molecular formula is C15H20N2. The van der Waals surface area contributed by atoms with Crippen LogP contribution in [0, 0.1) is 0 Å². The molecule has 0 heterocycles. The Kier molecular flexibility index (Phi) is 3.52. The molecule has 2 rings (SSSR count). The van der Waals surface area contributed by atoms with Crippen molar-refractivity contribution in [1.29, 1.82) is 0 Å². The van der Waals surface area contributed by atoms with Gasteiger partial charge in [-0.2, -0.15) is 0 Å². The van der Waals surface area contributed by atoms with E-state index in [-0.39, 0.29) is 0 Å². The van der Waals surface area contributed by atoms with E-state index in [1.165, 1.54) is 24.8 Å². The Morgan fingerprint density at radius 2 is 1.82 bits per heavy atom. The number of hydrogen-bond donors (Lipinski definition) is 2. The molecular weight excluding hydrogens is 208 g/mol. The third-order valence-corrected chi connectivity index (χ3v) is 3.14. The normalized spacial score (nSPS) is 10.9. The first-order valence-corrected chi connectivity index (χ1v) is 6.28. The number of hydrogen-bond acceptors (Lipinski definition) is 2. The van der Waals surface area contributed by atoms with Crippen molar-refractivity contribution in [3.05, 3.63) is 35.9 Å². The smallest absolute Gasteiger partial charge is 0.0414 e. The zero-order chi connectivity index (χ0) is 12.3. The van der Waals surface area contributed by atoms with Crippen LogP contribution in [0.3, 0.4) is 0 Å². The van der Waals surface area contributed by atoms with Crippen LogP contribution in [0.15, 0.2) is 30.3 Å². The largest absolute Gasteiger partial charge is 0.399 e. The van der Waals surface area contributed by atoms with Crippen molar-refractivity contribution in [3.63, 3.8) is 0 Å². The second kappa shape index (κ2) is 5.09. The molecule has 0 saturated carbocycles. The predicted molar refractivity (Wildman–Crippen MR) is 76.0 cm³/mol. The maximum Gasteiger partial charge on any atom is 0.0414 e. The highest BCUT2D eigenvalue weighted by atomic mass is 14.6. The second-order valence-electron chi connectivity index (χ2n) is 4.62. The second-order valence-corrected chi connectivity index (χ2v) is 4.62. The number of rotatable bonds is 4. The molecule has 0 aliphatic carbocycles. The maximum atomic E-state index is 5.95. The molecule has 0 spiro atoms. The van der Waals surface area contributed by atoms with Crippen molar-refractivity contribution < 1.29 is 0 Å². The fraction of sp³-hybridized carbons (Fsp3) is 0.333. The van der Waals surface area contributed by atoms with Crippen molar-refractivity contribution >= 4 is 22.1 Å². The molecule has 4 N–H and O–H groups in total. The van der Waals surface area contributed by atoms with Crippen LogP contribution in [0.1, 0.15) is 31.7 Å². The van der Waals surface area contributed by atoms with E-state index in [0.717, 1.165) is 28.6 Å². The van der Waals surface area contributed by atoms with Crippen LogP contribution < -0.4 is 11.5 Å². The molecule has 2 nitrogen and oxygen atoms in total. The SMILES string of the molecule is CCCCCc1ccc2c(N)cc(N)cc2c1. The Morgan fingerprint density at radius 1 is 1.00 bits per heavy atom. The minimum atomic E-state index is 0.737. The third kappa shape index (κ3) is 2.70. The summed E-state index contributed by atoms with van der Waals surface area (Å²) in [6, 6.07) is 10.3. The number of unbranched alkanes of at least 4 members (excludes halogenated alkanes) is 2. The molecule has 0 unspecified atom stereocenters. The summed E-state index contributed by atoms with van der Waals surface area (Å²) < 4.78 is 0. The van der Waals surface area contributed by atoms with E-state index in [1.807, 2.05) is 12.1 Å². The van der Waals surface area contributed by atoms with Gasteiger partial charge >= 0.3 is 0 Å². The fourth-order valence-corrected chi connectivity index (χ4v) is 2.21. The van der Waals surface area contributed by atoms with Gasteiger partial charge < -0.3 is 11.5 Å². The van der Waals surface area contributed by atoms with Gasteiger partial charge in [-0.25, -0.2) is 0 Å².